The lowest BCUT2D eigenvalue weighted by Crippen LogP contribution is -2.50. The molecule has 0 radical (unpaired) electrons. The van der Waals surface area contributed by atoms with Gasteiger partial charge >= 0.3 is 12.1 Å². The Morgan fingerprint density at radius 1 is 1.13 bits per heavy atom. The van der Waals surface area contributed by atoms with E-state index in [9.17, 15) is 4.79 Å². The summed E-state index contributed by atoms with van der Waals surface area (Å²) < 4.78 is 18.7. The highest BCUT2D eigenvalue weighted by Crippen LogP contribution is 2.29. The van der Waals surface area contributed by atoms with E-state index in [2.05, 4.69) is 15.3 Å². The Balaban J connectivity index is 1.28. The quantitative estimate of drug-likeness (QED) is 0.630. The number of rotatable bonds is 3. The number of piperazine rings is 1. The number of hydrogen-bond acceptors (Lipinski definition) is 8. The van der Waals surface area contributed by atoms with Crippen LogP contribution in [0.15, 0.2) is 28.8 Å². The number of carbonyl (C=O) groups is 1. The van der Waals surface area contributed by atoms with Gasteiger partial charge in [-0.1, -0.05) is 11.2 Å². The van der Waals surface area contributed by atoms with Crippen molar-refractivity contribution in [3.63, 3.8) is 0 Å². The van der Waals surface area contributed by atoms with Crippen molar-refractivity contribution in [2.75, 3.05) is 44.3 Å². The molecule has 0 N–H and O–H groups in total. The van der Waals surface area contributed by atoms with Crippen LogP contribution in [0.2, 0.25) is 0 Å². The number of fused-ring (bicyclic) bond motifs is 1. The molecular weight excluding hydrogens is 400 g/mol. The molecular formula is C21H26N6O4. The third-order valence-corrected chi connectivity index (χ3v) is 5.43. The van der Waals surface area contributed by atoms with Crippen LogP contribution < -0.4 is 4.90 Å². The maximum absolute atomic E-state index is 12.3. The zero-order chi connectivity index (χ0) is 21.6. The van der Waals surface area contributed by atoms with E-state index in [0.717, 1.165) is 16.5 Å². The van der Waals surface area contributed by atoms with Crippen LogP contribution in [0.4, 0.5) is 10.8 Å². The van der Waals surface area contributed by atoms with Gasteiger partial charge in [0.1, 0.15) is 5.60 Å². The molecule has 0 saturated carbocycles. The monoisotopic (exact) mass is 426 g/mol. The molecule has 3 aromatic rings. The molecule has 1 amide bonds. The van der Waals surface area contributed by atoms with Crippen LogP contribution in [0.3, 0.4) is 0 Å². The van der Waals surface area contributed by atoms with E-state index in [1.807, 2.05) is 54.7 Å². The summed E-state index contributed by atoms with van der Waals surface area (Å²) in [5, 5.41) is 14.0. The van der Waals surface area contributed by atoms with Crippen LogP contribution >= 0.6 is 0 Å². The van der Waals surface area contributed by atoms with E-state index in [1.54, 1.807) is 4.90 Å². The van der Waals surface area contributed by atoms with Crippen LogP contribution in [0.5, 0.6) is 0 Å². The molecule has 2 aliphatic heterocycles. The number of carbonyl (C=O) groups excluding carboxylic acids is 1. The number of anilines is 1. The normalized spacial score (nSPS) is 17.8. The number of aromatic nitrogens is 4. The Labute approximate surface area is 179 Å². The Bertz CT molecular complexity index is 1090. The van der Waals surface area contributed by atoms with E-state index in [4.69, 9.17) is 13.9 Å². The number of ether oxygens (including phenoxy) is 2. The molecule has 31 heavy (non-hydrogen) atoms. The average Bonchev–Trinajstić information content (AvgIpc) is 3.33. The van der Waals surface area contributed by atoms with Crippen molar-refractivity contribution in [1.82, 2.24) is 24.9 Å². The first-order valence-electron chi connectivity index (χ1n) is 10.5. The molecule has 2 fully saturated rings. The Morgan fingerprint density at radius 2 is 1.90 bits per heavy atom. The first-order valence-corrected chi connectivity index (χ1v) is 10.5. The van der Waals surface area contributed by atoms with Gasteiger partial charge in [-0.2, -0.15) is 5.10 Å². The first kappa shape index (κ1) is 19.8. The number of nitrogens with zero attached hydrogens (tertiary/aromatic N) is 6. The standard InChI is InChI=1S/C21H26N6O4/c1-21(2,3)31-20(28)26-8-6-25(7-9-26)19-24-23-18(30-19)14-4-5-15-11-22-27(17(15)10-14)16-12-29-13-16/h4-5,10-11,16H,6-9,12-13H2,1-3H3. The molecule has 2 aliphatic rings. The van der Waals surface area contributed by atoms with Crippen LogP contribution in [0.1, 0.15) is 26.8 Å². The summed E-state index contributed by atoms with van der Waals surface area (Å²) in [6.45, 7) is 9.26. The van der Waals surface area contributed by atoms with Crippen LogP contribution in [0, 0.1) is 0 Å². The maximum atomic E-state index is 12.3. The van der Waals surface area contributed by atoms with Crippen molar-refractivity contribution < 1.29 is 18.7 Å². The highest BCUT2D eigenvalue weighted by molar-refractivity contribution is 5.83. The number of benzene rings is 1. The average molecular weight is 426 g/mol. The minimum Gasteiger partial charge on any atom is -0.444 e. The van der Waals surface area contributed by atoms with E-state index >= 15 is 0 Å². The minimum absolute atomic E-state index is 0.271. The predicted molar refractivity (Wildman–Crippen MR) is 113 cm³/mol. The first-order chi connectivity index (χ1) is 14.9. The van der Waals surface area contributed by atoms with Gasteiger partial charge in [-0.15, -0.1) is 5.10 Å². The third kappa shape index (κ3) is 3.95. The van der Waals surface area contributed by atoms with Gasteiger partial charge in [0, 0.05) is 37.1 Å². The topological polar surface area (TPSA) is 98.8 Å². The zero-order valence-electron chi connectivity index (χ0n) is 17.9. The number of hydrogen-bond donors (Lipinski definition) is 0. The molecule has 2 aromatic heterocycles. The van der Waals surface area contributed by atoms with Gasteiger partial charge < -0.3 is 23.7 Å². The SMILES string of the molecule is CC(C)(C)OC(=O)N1CCN(c2nnc(-c3ccc4cnn(C5COC5)c4c3)o2)CC1. The van der Waals surface area contributed by atoms with Gasteiger partial charge in [-0.25, -0.2) is 4.79 Å². The molecule has 2 saturated heterocycles. The fourth-order valence-corrected chi connectivity index (χ4v) is 3.69. The molecule has 164 valence electrons. The highest BCUT2D eigenvalue weighted by Gasteiger charge is 2.28. The molecule has 1 aromatic carbocycles. The minimum atomic E-state index is -0.502. The van der Waals surface area contributed by atoms with Crippen molar-refractivity contribution in [3.8, 4) is 11.5 Å². The summed E-state index contributed by atoms with van der Waals surface area (Å²) in [5.41, 5.74) is 1.37. The molecule has 0 atom stereocenters. The molecule has 4 heterocycles. The molecule has 0 unspecified atom stereocenters. The second-order valence-corrected chi connectivity index (χ2v) is 8.90. The lowest BCUT2D eigenvalue weighted by Gasteiger charge is -2.34. The van der Waals surface area contributed by atoms with Gasteiger partial charge in [0.05, 0.1) is 31.0 Å². The summed E-state index contributed by atoms with van der Waals surface area (Å²) in [5.74, 6) is 0.462. The largest absolute Gasteiger partial charge is 0.444 e. The van der Waals surface area contributed by atoms with E-state index in [0.29, 0.717) is 51.3 Å². The van der Waals surface area contributed by atoms with Crippen LogP contribution in [-0.2, 0) is 9.47 Å². The highest BCUT2D eigenvalue weighted by atomic mass is 16.6. The second-order valence-electron chi connectivity index (χ2n) is 8.90. The maximum Gasteiger partial charge on any atom is 0.410 e. The van der Waals surface area contributed by atoms with Crippen molar-refractivity contribution in [1.29, 1.82) is 0 Å². The lowest BCUT2D eigenvalue weighted by atomic mass is 10.1. The lowest BCUT2D eigenvalue weighted by molar-refractivity contribution is -0.0266. The summed E-state index contributed by atoms with van der Waals surface area (Å²) in [4.78, 5) is 15.9. The molecule has 10 heteroatoms. The zero-order valence-corrected chi connectivity index (χ0v) is 17.9. The van der Waals surface area contributed by atoms with Gasteiger partial charge in [-0.3, -0.25) is 4.68 Å². The smallest absolute Gasteiger partial charge is 0.410 e. The van der Waals surface area contributed by atoms with Gasteiger partial charge in [0.25, 0.3) is 0 Å². The summed E-state index contributed by atoms with van der Waals surface area (Å²) in [6.07, 6.45) is 1.57. The molecule has 0 spiro atoms. The van der Waals surface area contributed by atoms with Crippen molar-refractivity contribution in [2.45, 2.75) is 32.4 Å². The summed E-state index contributed by atoms with van der Waals surface area (Å²) >= 11 is 0. The van der Waals surface area contributed by atoms with E-state index in [-0.39, 0.29) is 12.1 Å². The molecule has 0 aliphatic carbocycles. The van der Waals surface area contributed by atoms with Crippen LogP contribution in [-0.4, -0.2) is 76.0 Å². The van der Waals surface area contributed by atoms with Crippen LogP contribution in [0.25, 0.3) is 22.4 Å². The number of amides is 1. The molecule has 0 bridgehead atoms. The fourth-order valence-electron chi connectivity index (χ4n) is 3.69. The van der Waals surface area contributed by atoms with Crippen molar-refractivity contribution >= 4 is 23.0 Å². The summed E-state index contributed by atoms with van der Waals surface area (Å²) in [6, 6.07) is 6.73. The predicted octanol–water partition coefficient (Wildman–Crippen LogP) is 2.71. The molecule has 5 rings (SSSR count). The Kier molecular flexibility index (Phi) is 4.81. The fraction of sp³-hybridized carbons (Fsp3) is 0.524. The third-order valence-electron chi connectivity index (χ3n) is 5.43. The summed E-state index contributed by atoms with van der Waals surface area (Å²) in [7, 11) is 0. The molecule has 10 nitrogen and oxygen atoms in total. The second kappa shape index (κ2) is 7.52. The van der Waals surface area contributed by atoms with Crippen molar-refractivity contribution in [3.05, 3.63) is 24.4 Å². The Hall–Kier alpha value is -3.14. The van der Waals surface area contributed by atoms with Gasteiger partial charge in [0.15, 0.2) is 0 Å². The van der Waals surface area contributed by atoms with Gasteiger partial charge in [-0.05, 0) is 32.9 Å². The van der Waals surface area contributed by atoms with Crippen molar-refractivity contribution in [2.24, 2.45) is 0 Å². The Morgan fingerprint density at radius 3 is 2.58 bits per heavy atom. The van der Waals surface area contributed by atoms with Gasteiger partial charge in [0.2, 0.25) is 5.89 Å². The van der Waals surface area contributed by atoms with E-state index in [1.165, 1.54) is 0 Å². The van der Waals surface area contributed by atoms with E-state index < -0.39 is 5.60 Å².